The summed E-state index contributed by atoms with van der Waals surface area (Å²) in [6, 6.07) is 0. The molecule has 84 valence electrons. The van der Waals surface area contributed by atoms with Crippen LogP contribution in [0, 0.1) is 11.8 Å². The zero-order valence-corrected chi connectivity index (χ0v) is 10.3. The Morgan fingerprint density at radius 2 is 2.27 bits per heavy atom. The zero-order chi connectivity index (χ0) is 10.8. The normalized spacial score (nSPS) is 29.4. The second-order valence-electron chi connectivity index (χ2n) is 5.17. The largest absolute Gasteiger partial charge is 0.388 e. The summed E-state index contributed by atoms with van der Waals surface area (Å²) in [6.45, 7) is 8.04. The summed E-state index contributed by atoms with van der Waals surface area (Å²) in [5.74, 6) is 1.84. The molecule has 15 heavy (non-hydrogen) atoms. The molecule has 2 unspecified atom stereocenters. The van der Waals surface area contributed by atoms with Gasteiger partial charge in [-0.25, -0.2) is 0 Å². The number of unbranched alkanes of at least 4 members (excludes halogenated alkanes) is 1. The van der Waals surface area contributed by atoms with E-state index < -0.39 is 0 Å². The number of allylic oxidation sites excluding steroid dienone is 4. The number of hydrogen-bond acceptors (Lipinski definition) is 1. The van der Waals surface area contributed by atoms with E-state index >= 15 is 0 Å². The number of rotatable bonds is 6. The number of nitrogens with one attached hydrogen (secondary N) is 1. The Hall–Kier alpha value is -0.720. The van der Waals surface area contributed by atoms with Crippen LogP contribution in [0.3, 0.4) is 0 Å². The molecule has 1 N–H and O–H groups in total. The molecule has 0 amide bonds. The quantitative estimate of drug-likeness (QED) is 0.653. The predicted molar refractivity (Wildman–Crippen MR) is 65.6 cm³/mol. The first-order valence-corrected chi connectivity index (χ1v) is 6.36. The Labute approximate surface area is 93.6 Å². The van der Waals surface area contributed by atoms with E-state index in [4.69, 9.17) is 0 Å². The minimum absolute atomic E-state index is 0.898. The van der Waals surface area contributed by atoms with E-state index in [0.717, 1.165) is 18.4 Å². The van der Waals surface area contributed by atoms with E-state index in [1.807, 2.05) is 0 Å². The summed E-state index contributed by atoms with van der Waals surface area (Å²) >= 11 is 0. The average Bonchev–Trinajstić information content (AvgIpc) is 3.06. The number of hydrogen-bond donors (Lipinski definition) is 1. The molecule has 2 atom stereocenters. The van der Waals surface area contributed by atoms with Gasteiger partial charge in [0.15, 0.2) is 0 Å². The van der Waals surface area contributed by atoms with Crippen molar-refractivity contribution < 1.29 is 0 Å². The lowest BCUT2D eigenvalue weighted by atomic mass is 10.1. The third-order valence-electron chi connectivity index (χ3n) is 3.59. The Bertz CT molecular complexity index is 298. The summed E-state index contributed by atoms with van der Waals surface area (Å²) in [6.07, 6.45) is 7.61. The van der Waals surface area contributed by atoms with Crippen LogP contribution < -0.4 is 5.32 Å². The van der Waals surface area contributed by atoms with Gasteiger partial charge in [0.05, 0.1) is 0 Å². The second-order valence-corrected chi connectivity index (χ2v) is 5.17. The summed E-state index contributed by atoms with van der Waals surface area (Å²) in [7, 11) is 0. The molecule has 0 heterocycles. The molecule has 0 aromatic rings. The van der Waals surface area contributed by atoms with Crippen molar-refractivity contribution in [2.75, 3.05) is 6.54 Å². The highest BCUT2D eigenvalue weighted by atomic mass is 14.9. The lowest BCUT2D eigenvalue weighted by Gasteiger charge is -1.97. The van der Waals surface area contributed by atoms with Crippen LogP contribution in [0.15, 0.2) is 22.9 Å². The first-order chi connectivity index (χ1) is 7.22. The summed E-state index contributed by atoms with van der Waals surface area (Å²) < 4.78 is 0. The van der Waals surface area contributed by atoms with E-state index in [1.165, 1.54) is 31.4 Å². The molecule has 0 radical (unpaired) electrons. The Balaban J connectivity index is 1.76. The predicted octanol–water partition coefficient (Wildman–Crippen LogP) is 3.64. The van der Waals surface area contributed by atoms with Gasteiger partial charge in [0.1, 0.15) is 0 Å². The van der Waals surface area contributed by atoms with Gasteiger partial charge in [0.2, 0.25) is 0 Å². The van der Waals surface area contributed by atoms with Gasteiger partial charge in [-0.2, -0.15) is 0 Å². The van der Waals surface area contributed by atoms with Crippen molar-refractivity contribution in [1.29, 1.82) is 0 Å². The molecular formula is C14H23N. The highest BCUT2D eigenvalue weighted by Crippen LogP contribution is 2.45. The summed E-state index contributed by atoms with van der Waals surface area (Å²) in [5.41, 5.74) is 4.66. The van der Waals surface area contributed by atoms with Gasteiger partial charge in [-0.15, -0.1) is 0 Å². The fourth-order valence-electron chi connectivity index (χ4n) is 2.22. The van der Waals surface area contributed by atoms with Crippen LogP contribution in [0.5, 0.6) is 0 Å². The third kappa shape index (κ3) is 2.87. The molecule has 1 saturated carbocycles. The molecule has 0 aromatic heterocycles. The lowest BCUT2D eigenvalue weighted by Crippen LogP contribution is -2.08. The molecule has 2 aliphatic carbocycles. The average molecular weight is 205 g/mol. The molecule has 1 heteroatoms. The Morgan fingerprint density at radius 3 is 2.87 bits per heavy atom. The van der Waals surface area contributed by atoms with Crippen LogP contribution in [0.2, 0.25) is 0 Å². The van der Waals surface area contributed by atoms with Crippen molar-refractivity contribution in [2.45, 2.75) is 46.5 Å². The smallest absolute Gasteiger partial charge is 0.0188 e. The fraction of sp³-hybridized carbons (Fsp3) is 0.714. The monoisotopic (exact) mass is 205 g/mol. The Kier molecular flexibility index (Phi) is 3.18. The maximum atomic E-state index is 3.52. The van der Waals surface area contributed by atoms with Crippen molar-refractivity contribution in [3.8, 4) is 0 Å². The van der Waals surface area contributed by atoms with E-state index in [9.17, 15) is 0 Å². The van der Waals surface area contributed by atoms with Gasteiger partial charge >= 0.3 is 0 Å². The SMILES string of the molecule is CCCCNC1=C(/C=C(/C)C2CC2C)C1. The van der Waals surface area contributed by atoms with Crippen LogP contribution in [0.25, 0.3) is 0 Å². The Morgan fingerprint density at radius 1 is 1.53 bits per heavy atom. The molecule has 0 saturated heterocycles. The highest BCUT2D eigenvalue weighted by Gasteiger charge is 2.34. The molecule has 0 bridgehead atoms. The minimum Gasteiger partial charge on any atom is -0.388 e. The van der Waals surface area contributed by atoms with E-state index in [2.05, 4.69) is 32.2 Å². The lowest BCUT2D eigenvalue weighted by molar-refractivity contribution is 0.721. The minimum atomic E-state index is 0.898. The van der Waals surface area contributed by atoms with Crippen molar-refractivity contribution in [3.63, 3.8) is 0 Å². The van der Waals surface area contributed by atoms with Gasteiger partial charge in [-0.05, 0) is 37.2 Å². The van der Waals surface area contributed by atoms with Gasteiger partial charge in [0.25, 0.3) is 0 Å². The van der Waals surface area contributed by atoms with Gasteiger partial charge in [0, 0.05) is 18.7 Å². The molecular weight excluding hydrogens is 182 g/mol. The zero-order valence-electron chi connectivity index (χ0n) is 10.3. The maximum Gasteiger partial charge on any atom is 0.0188 e. The van der Waals surface area contributed by atoms with Crippen LogP contribution in [-0.2, 0) is 0 Å². The summed E-state index contributed by atoms with van der Waals surface area (Å²) in [4.78, 5) is 0. The fourth-order valence-corrected chi connectivity index (χ4v) is 2.22. The second kappa shape index (κ2) is 4.42. The van der Waals surface area contributed by atoms with Crippen LogP contribution >= 0.6 is 0 Å². The summed E-state index contributed by atoms with van der Waals surface area (Å²) in [5, 5.41) is 3.52. The maximum absolute atomic E-state index is 3.52. The molecule has 0 aliphatic heterocycles. The van der Waals surface area contributed by atoms with Crippen LogP contribution in [0.4, 0.5) is 0 Å². The van der Waals surface area contributed by atoms with Crippen LogP contribution in [0.1, 0.15) is 46.5 Å². The molecule has 0 spiro atoms. The molecule has 1 fully saturated rings. The van der Waals surface area contributed by atoms with Crippen molar-refractivity contribution in [1.82, 2.24) is 5.32 Å². The van der Waals surface area contributed by atoms with E-state index in [-0.39, 0.29) is 0 Å². The molecule has 0 aromatic carbocycles. The van der Waals surface area contributed by atoms with Crippen LogP contribution in [-0.4, -0.2) is 6.54 Å². The van der Waals surface area contributed by atoms with Gasteiger partial charge < -0.3 is 5.32 Å². The van der Waals surface area contributed by atoms with E-state index in [1.54, 1.807) is 11.1 Å². The van der Waals surface area contributed by atoms with Crippen molar-refractivity contribution >= 4 is 0 Å². The first kappa shape index (κ1) is 10.8. The topological polar surface area (TPSA) is 12.0 Å². The standard InChI is InChI=1S/C14H23N/c1-4-5-6-15-14-9-12(14)7-10(2)13-8-11(13)3/h7,11,13,15H,4-6,8-9H2,1-3H3/b10-7-. The molecule has 2 rings (SSSR count). The van der Waals surface area contributed by atoms with Crippen molar-refractivity contribution in [2.24, 2.45) is 11.8 Å². The molecule has 1 nitrogen and oxygen atoms in total. The third-order valence-corrected chi connectivity index (χ3v) is 3.59. The van der Waals surface area contributed by atoms with E-state index in [0.29, 0.717) is 0 Å². The molecule has 2 aliphatic rings. The van der Waals surface area contributed by atoms with Gasteiger partial charge in [-0.1, -0.05) is 31.9 Å². The van der Waals surface area contributed by atoms with Gasteiger partial charge in [-0.3, -0.25) is 0 Å². The van der Waals surface area contributed by atoms with Crippen molar-refractivity contribution in [3.05, 3.63) is 22.9 Å². The highest BCUT2D eigenvalue weighted by molar-refractivity contribution is 5.44. The first-order valence-electron chi connectivity index (χ1n) is 6.36.